The standard InChI is InChI=1S/C20H22N2O2S/c1-14-7-5-6-9-16(14)24-12-11-22-13-21-19-18(20(22)23)15-8-3-2-4-10-17(15)25-19/h5-7,9,13H,2-4,8,10-12H2,1H3. The molecule has 0 amide bonds. The van der Waals surface area contributed by atoms with Crippen molar-refractivity contribution in [1.29, 1.82) is 0 Å². The van der Waals surface area contributed by atoms with Gasteiger partial charge < -0.3 is 4.74 Å². The summed E-state index contributed by atoms with van der Waals surface area (Å²) in [4.78, 5) is 19.8. The van der Waals surface area contributed by atoms with Crippen LogP contribution in [-0.2, 0) is 19.4 Å². The van der Waals surface area contributed by atoms with Crippen LogP contribution in [0.15, 0.2) is 35.4 Å². The summed E-state index contributed by atoms with van der Waals surface area (Å²) in [5, 5.41) is 0.847. The molecule has 0 saturated carbocycles. The van der Waals surface area contributed by atoms with E-state index in [1.165, 1.54) is 29.7 Å². The SMILES string of the molecule is Cc1ccccc1OCCn1cnc2sc3c(c2c1=O)CCCCC3. The smallest absolute Gasteiger partial charge is 0.262 e. The highest BCUT2D eigenvalue weighted by Gasteiger charge is 2.19. The molecule has 0 radical (unpaired) electrons. The van der Waals surface area contributed by atoms with Crippen molar-refractivity contribution in [2.45, 2.75) is 45.6 Å². The zero-order valence-electron chi connectivity index (χ0n) is 14.5. The van der Waals surface area contributed by atoms with Gasteiger partial charge in [0.25, 0.3) is 5.56 Å². The van der Waals surface area contributed by atoms with Crippen LogP contribution in [-0.4, -0.2) is 16.2 Å². The molecular weight excluding hydrogens is 332 g/mol. The summed E-state index contributed by atoms with van der Waals surface area (Å²) in [5.41, 5.74) is 2.44. The number of thiophene rings is 1. The van der Waals surface area contributed by atoms with Crippen LogP contribution in [0.5, 0.6) is 5.75 Å². The van der Waals surface area contributed by atoms with E-state index in [0.29, 0.717) is 13.2 Å². The van der Waals surface area contributed by atoms with Crippen molar-refractivity contribution in [2.24, 2.45) is 0 Å². The van der Waals surface area contributed by atoms with E-state index in [-0.39, 0.29) is 5.56 Å². The molecule has 25 heavy (non-hydrogen) atoms. The van der Waals surface area contributed by atoms with Gasteiger partial charge in [0.1, 0.15) is 17.2 Å². The average molecular weight is 354 g/mol. The predicted molar refractivity (Wildman–Crippen MR) is 102 cm³/mol. The fraction of sp³-hybridized carbons (Fsp3) is 0.400. The first kappa shape index (κ1) is 16.3. The van der Waals surface area contributed by atoms with E-state index < -0.39 is 0 Å². The van der Waals surface area contributed by atoms with E-state index in [2.05, 4.69) is 4.98 Å². The minimum atomic E-state index is 0.0813. The first-order valence-corrected chi connectivity index (χ1v) is 9.74. The van der Waals surface area contributed by atoms with E-state index in [4.69, 9.17) is 4.74 Å². The number of ether oxygens (including phenoxy) is 1. The van der Waals surface area contributed by atoms with Crippen molar-refractivity contribution in [2.75, 3.05) is 6.61 Å². The molecule has 4 nitrogen and oxygen atoms in total. The summed E-state index contributed by atoms with van der Waals surface area (Å²) < 4.78 is 7.53. The Morgan fingerprint density at radius 2 is 2.04 bits per heavy atom. The van der Waals surface area contributed by atoms with Gasteiger partial charge in [-0.25, -0.2) is 4.98 Å². The quantitative estimate of drug-likeness (QED) is 0.662. The third kappa shape index (κ3) is 3.21. The number of aromatic nitrogens is 2. The molecule has 2 aromatic heterocycles. The van der Waals surface area contributed by atoms with Crippen molar-refractivity contribution < 1.29 is 4.74 Å². The normalized spacial score (nSPS) is 14.3. The molecule has 0 bridgehead atoms. The summed E-state index contributed by atoms with van der Waals surface area (Å²) in [5.74, 6) is 0.869. The highest BCUT2D eigenvalue weighted by atomic mass is 32.1. The predicted octanol–water partition coefficient (Wildman–Crippen LogP) is 4.11. The van der Waals surface area contributed by atoms with Crippen LogP contribution >= 0.6 is 11.3 Å². The summed E-state index contributed by atoms with van der Waals surface area (Å²) in [6.07, 6.45) is 7.41. The van der Waals surface area contributed by atoms with Crippen LogP contribution in [0.3, 0.4) is 0 Å². The molecule has 5 heteroatoms. The first-order chi connectivity index (χ1) is 12.2. The number of benzene rings is 1. The molecule has 4 rings (SSSR count). The fourth-order valence-electron chi connectivity index (χ4n) is 3.49. The number of hydrogen-bond acceptors (Lipinski definition) is 4. The van der Waals surface area contributed by atoms with Crippen LogP contribution in [0, 0.1) is 6.92 Å². The summed E-state index contributed by atoms with van der Waals surface area (Å²) in [6.45, 7) is 3.00. The average Bonchev–Trinajstić information content (AvgIpc) is 2.81. The Kier molecular flexibility index (Phi) is 4.57. The monoisotopic (exact) mass is 354 g/mol. The zero-order chi connectivity index (χ0) is 17.2. The molecule has 1 aliphatic rings. The maximum absolute atomic E-state index is 13.0. The second kappa shape index (κ2) is 7.00. The van der Waals surface area contributed by atoms with Crippen LogP contribution in [0.1, 0.15) is 35.3 Å². The third-order valence-corrected chi connectivity index (χ3v) is 6.07. The summed E-state index contributed by atoms with van der Waals surface area (Å²) in [7, 11) is 0. The highest BCUT2D eigenvalue weighted by molar-refractivity contribution is 7.18. The lowest BCUT2D eigenvalue weighted by Crippen LogP contribution is -2.23. The second-order valence-electron chi connectivity index (χ2n) is 6.60. The minimum Gasteiger partial charge on any atom is -0.491 e. The summed E-state index contributed by atoms with van der Waals surface area (Å²) in [6, 6.07) is 7.93. The van der Waals surface area contributed by atoms with Crippen molar-refractivity contribution in [1.82, 2.24) is 9.55 Å². The Morgan fingerprint density at radius 1 is 1.20 bits per heavy atom. The van der Waals surface area contributed by atoms with Gasteiger partial charge in [-0.05, 0) is 49.8 Å². The third-order valence-electron chi connectivity index (χ3n) is 4.88. The molecule has 130 valence electrons. The van der Waals surface area contributed by atoms with Gasteiger partial charge >= 0.3 is 0 Å². The second-order valence-corrected chi connectivity index (χ2v) is 7.69. The summed E-state index contributed by atoms with van der Waals surface area (Å²) >= 11 is 1.70. The van der Waals surface area contributed by atoms with Crippen LogP contribution in [0.25, 0.3) is 10.2 Å². The Labute approximate surface area is 151 Å². The van der Waals surface area contributed by atoms with Crippen LogP contribution in [0.2, 0.25) is 0 Å². The lowest BCUT2D eigenvalue weighted by molar-refractivity contribution is 0.294. The largest absolute Gasteiger partial charge is 0.491 e. The number of nitrogens with zero attached hydrogens (tertiary/aromatic N) is 2. The topological polar surface area (TPSA) is 44.1 Å². The van der Waals surface area contributed by atoms with Gasteiger partial charge in [-0.3, -0.25) is 9.36 Å². The van der Waals surface area contributed by atoms with E-state index >= 15 is 0 Å². The van der Waals surface area contributed by atoms with Crippen molar-refractivity contribution >= 4 is 21.6 Å². The van der Waals surface area contributed by atoms with Crippen LogP contribution < -0.4 is 10.3 Å². The fourth-order valence-corrected chi connectivity index (χ4v) is 4.71. The molecule has 0 atom stereocenters. The number of para-hydroxylation sites is 1. The molecule has 1 aliphatic carbocycles. The van der Waals surface area contributed by atoms with Gasteiger partial charge in [-0.15, -0.1) is 11.3 Å². The number of fused-ring (bicyclic) bond motifs is 3. The number of rotatable bonds is 4. The van der Waals surface area contributed by atoms with Gasteiger partial charge in [0.05, 0.1) is 18.3 Å². The van der Waals surface area contributed by atoms with E-state index in [0.717, 1.165) is 34.4 Å². The first-order valence-electron chi connectivity index (χ1n) is 8.92. The molecule has 0 saturated heterocycles. The minimum absolute atomic E-state index is 0.0813. The molecular formula is C20H22N2O2S. The Balaban J connectivity index is 1.58. The van der Waals surface area contributed by atoms with Crippen molar-refractivity contribution in [3.63, 3.8) is 0 Å². The van der Waals surface area contributed by atoms with Gasteiger partial charge in [0, 0.05) is 4.88 Å². The van der Waals surface area contributed by atoms with Gasteiger partial charge in [-0.2, -0.15) is 0 Å². The molecule has 1 aromatic carbocycles. The van der Waals surface area contributed by atoms with Crippen molar-refractivity contribution in [3.05, 3.63) is 57.0 Å². The molecule has 0 spiro atoms. The number of aryl methyl sites for hydroxylation is 3. The molecule has 2 heterocycles. The Morgan fingerprint density at radius 3 is 2.92 bits per heavy atom. The molecule has 3 aromatic rings. The van der Waals surface area contributed by atoms with E-state index in [1.54, 1.807) is 22.2 Å². The van der Waals surface area contributed by atoms with Gasteiger partial charge in [0.15, 0.2) is 0 Å². The Bertz CT molecular complexity index is 958. The molecule has 0 aliphatic heterocycles. The highest BCUT2D eigenvalue weighted by Crippen LogP contribution is 2.32. The Hall–Kier alpha value is -2.14. The van der Waals surface area contributed by atoms with E-state index in [1.807, 2.05) is 31.2 Å². The van der Waals surface area contributed by atoms with Crippen molar-refractivity contribution in [3.8, 4) is 5.75 Å². The van der Waals surface area contributed by atoms with Gasteiger partial charge in [0.2, 0.25) is 0 Å². The lowest BCUT2D eigenvalue weighted by atomic mass is 10.1. The lowest BCUT2D eigenvalue weighted by Gasteiger charge is -2.10. The van der Waals surface area contributed by atoms with E-state index in [9.17, 15) is 4.79 Å². The number of hydrogen-bond donors (Lipinski definition) is 0. The maximum Gasteiger partial charge on any atom is 0.262 e. The molecule has 0 unspecified atom stereocenters. The molecule has 0 fully saturated rings. The molecule has 0 N–H and O–H groups in total. The maximum atomic E-state index is 13.0. The zero-order valence-corrected chi connectivity index (χ0v) is 15.3. The van der Waals surface area contributed by atoms with Gasteiger partial charge in [-0.1, -0.05) is 24.6 Å². The van der Waals surface area contributed by atoms with Crippen LogP contribution in [0.4, 0.5) is 0 Å².